The number of benzene rings is 2. The van der Waals surface area contributed by atoms with Crippen molar-refractivity contribution in [3.63, 3.8) is 0 Å². The Balaban J connectivity index is 1.72. The van der Waals surface area contributed by atoms with Crippen LogP contribution in [0.4, 0.5) is 5.69 Å². The van der Waals surface area contributed by atoms with Gasteiger partial charge in [0.2, 0.25) is 5.96 Å². The van der Waals surface area contributed by atoms with Gasteiger partial charge in [-0.05, 0) is 67.3 Å². The number of hydrogen-bond acceptors (Lipinski definition) is 3. The Morgan fingerprint density at radius 3 is 2.71 bits per heavy atom. The number of nitrogens with one attached hydrogen (secondary N) is 2. The van der Waals surface area contributed by atoms with E-state index >= 15 is 0 Å². The Morgan fingerprint density at radius 1 is 1.21 bits per heavy atom. The van der Waals surface area contributed by atoms with E-state index in [-0.39, 0.29) is 12.0 Å². The lowest BCUT2D eigenvalue weighted by Crippen LogP contribution is -2.09. The van der Waals surface area contributed by atoms with Crippen molar-refractivity contribution in [2.24, 2.45) is 10.2 Å². The fraction of sp³-hybridized carbons (Fsp3) is 0.278. The van der Waals surface area contributed by atoms with Crippen molar-refractivity contribution < 1.29 is 0 Å². The van der Waals surface area contributed by atoms with Crippen LogP contribution in [0, 0.1) is 19.3 Å². The summed E-state index contributed by atoms with van der Waals surface area (Å²) in [6.45, 7) is 4.08. The molecular formula is C18H19BrN4S. The van der Waals surface area contributed by atoms with Crippen LogP contribution in [0.2, 0.25) is 0 Å². The van der Waals surface area contributed by atoms with Crippen LogP contribution in [0.15, 0.2) is 56.0 Å². The van der Waals surface area contributed by atoms with Gasteiger partial charge in [-0.2, -0.15) is 5.11 Å². The number of thioether (sulfide) groups is 1. The van der Waals surface area contributed by atoms with Crippen molar-refractivity contribution in [3.05, 3.63) is 57.6 Å². The van der Waals surface area contributed by atoms with Crippen molar-refractivity contribution in [1.29, 1.82) is 5.41 Å². The first kappa shape index (κ1) is 17.2. The van der Waals surface area contributed by atoms with E-state index in [4.69, 9.17) is 5.41 Å². The molecule has 1 aliphatic rings. The first-order chi connectivity index (χ1) is 11.5. The first-order valence-corrected chi connectivity index (χ1v) is 9.56. The molecule has 4 nitrogen and oxygen atoms in total. The molecule has 1 aliphatic heterocycles. The van der Waals surface area contributed by atoms with Crippen LogP contribution in [0.3, 0.4) is 0 Å². The Bertz CT molecular complexity index is 783. The Hall–Kier alpha value is -1.66. The van der Waals surface area contributed by atoms with Crippen LogP contribution in [0.5, 0.6) is 0 Å². The lowest BCUT2D eigenvalue weighted by atomic mass is 10.1. The highest BCUT2D eigenvalue weighted by atomic mass is 79.9. The maximum atomic E-state index is 8.03. The van der Waals surface area contributed by atoms with Crippen molar-refractivity contribution in [2.75, 3.05) is 11.1 Å². The predicted octanol–water partition coefficient (Wildman–Crippen LogP) is 6.10. The molecule has 0 aliphatic carbocycles. The topological polar surface area (TPSA) is 60.6 Å². The summed E-state index contributed by atoms with van der Waals surface area (Å²) in [5.41, 5.74) is 4.37. The molecule has 0 saturated carbocycles. The van der Waals surface area contributed by atoms with E-state index in [1.807, 2.05) is 37.7 Å². The monoisotopic (exact) mass is 402 g/mol. The second-order valence-electron chi connectivity index (χ2n) is 5.90. The molecule has 2 N–H and O–H groups in total. The van der Waals surface area contributed by atoms with E-state index in [1.54, 1.807) is 0 Å². The van der Waals surface area contributed by atoms with Gasteiger partial charge in [0.1, 0.15) is 0 Å². The highest BCUT2D eigenvalue weighted by Crippen LogP contribution is 2.39. The highest BCUT2D eigenvalue weighted by Gasteiger charge is 2.20. The van der Waals surface area contributed by atoms with Crippen molar-refractivity contribution in [1.82, 2.24) is 0 Å². The van der Waals surface area contributed by atoms with Crippen LogP contribution in [0.25, 0.3) is 0 Å². The van der Waals surface area contributed by atoms with Crippen LogP contribution in [-0.4, -0.2) is 11.7 Å². The SMILES string of the molecule is Cc1cc(C)cc(NC(=N)N=NC2CCSc3ccc(Br)cc32)c1. The normalized spacial score (nSPS) is 16.9. The van der Waals surface area contributed by atoms with Gasteiger partial charge in [0, 0.05) is 20.8 Å². The molecule has 1 unspecified atom stereocenters. The summed E-state index contributed by atoms with van der Waals surface area (Å²) in [7, 11) is 0. The highest BCUT2D eigenvalue weighted by molar-refractivity contribution is 9.10. The van der Waals surface area contributed by atoms with Crippen LogP contribution >= 0.6 is 27.7 Å². The predicted molar refractivity (Wildman–Crippen MR) is 104 cm³/mol. The number of hydrogen-bond donors (Lipinski definition) is 2. The number of rotatable bonds is 2. The van der Waals surface area contributed by atoms with Gasteiger partial charge in [-0.3, -0.25) is 5.41 Å². The molecule has 1 heterocycles. The smallest absolute Gasteiger partial charge is 0.239 e. The number of fused-ring (bicyclic) bond motifs is 1. The average molecular weight is 403 g/mol. The van der Waals surface area contributed by atoms with E-state index < -0.39 is 0 Å². The summed E-state index contributed by atoms with van der Waals surface area (Å²) < 4.78 is 1.05. The average Bonchev–Trinajstić information content (AvgIpc) is 2.52. The van der Waals surface area contributed by atoms with Gasteiger partial charge < -0.3 is 5.32 Å². The van der Waals surface area contributed by atoms with E-state index in [2.05, 4.69) is 55.7 Å². The van der Waals surface area contributed by atoms with Gasteiger partial charge in [-0.1, -0.05) is 22.0 Å². The summed E-state index contributed by atoms with van der Waals surface area (Å²) in [4.78, 5) is 1.25. The quantitative estimate of drug-likeness (QED) is 0.362. The lowest BCUT2D eigenvalue weighted by Gasteiger charge is -2.21. The summed E-state index contributed by atoms with van der Waals surface area (Å²) in [5.74, 6) is 1.09. The minimum absolute atomic E-state index is 0.0140. The Kier molecular flexibility index (Phi) is 5.36. The number of anilines is 1. The van der Waals surface area contributed by atoms with Gasteiger partial charge >= 0.3 is 0 Å². The first-order valence-electron chi connectivity index (χ1n) is 7.78. The second-order valence-corrected chi connectivity index (χ2v) is 7.95. The van der Waals surface area contributed by atoms with Gasteiger partial charge in [-0.25, -0.2) is 0 Å². The minimum atomic E-state index is 0.0140. The number of aryl methyl sites for hydroxylation is 2. The molecule has 0 amide bonds. The molecule has 0 saturated heterocycles. The molecule has 124 valence electrons. The molecular weight excluding hydrogens is 384 g/mol. The zero-order valence-electron chi connectivity index (χ0n) is 13.6. The summed E-state index contributed by atoms with van der Waals surface area (Å²) in [5, 5.41) is 19.5. The third kappa shape index (κ3) is 4.24. The summed E-state index contributed by atoms with van der Waals surface area (Å²) in [6.07, 6.45) is 0.939. The molecule has 0 bridgehead atoms. The number of halogens is 1. The molecule has 2 aromatic rings. The van der Waals surface area contributed by atoms with Gasteiger partial charge in [0.15, 0.2) is 0 Å². The maximum Gasteiger partial charge on any atom is 0.239 e. The van der Waals surface area contributed by atoms with E-state index in [9.17, 15) is 0 Å². The van der Waals surface area contributed by atoms with Gasteiger partial charge in [-0.15, -0.1) is 16.9 Å². The van der Waals surface area contributed by atoms with Crippen LogP contribution < -0.4 is 5.32 Å². The van der Waals surface area contributed by atoms with E-state index in [0.717, 1.165) is 33.5 Å². The standard InChI is InChI=1S/C18H19BrN4S/c1-11-7-12(2)9-14(8-11)21-18(20)23-22-16-5-6-24-17-4-3-13(19)10-15(16)17/h3-4,7-10,16H,5-6H2,1-2H3,(H2,20,21). The minimum Gasteiger partial charge on any atom is -0.323 e. The second kappa shape index (κ2) is 7.49. The van der Waals surface area contributed by atoms with Crippen LogP contribution in [-0.2, 0) is 0 Å². The van der Waals surface area contributed by atoms with E-state index in [1.165, 1.54) is 10.5 Å². The number of guanidine groups is 1. The fourth-order valence-corrected chi connectivity index (χ4v) is 4.27. The zero-order valence-corrected chi connectivity index (χ0v) is 16.0. The molecule has 24 heavy (non-hydrogen) atoms. The van der Waals surface area contributed by atoms with Crippen molar-refractivity contribution >= 4 is 39.3 Å². The van der Waals surface area contributed by atoms with Crippen molar-refractivity contribution in [2.45, 2.75) is 31.2 Å². The fourth-order valence-electron chi connectivity index (χ4n) is 2.80. The molecule has 0 aromatic heterocycles. The molecule has 3 rings (SSSR count). The molecule has 2 aromatic carbocycles. The largest absolute Gasteiger partial charge is 0.323 e. The summed E-state index contributed by atoms with van der Waals surface area (Å²) >= 11 is 5.37. The van der Waals surface area contributed by atoms with Crippen molar-refractivity contribution in [3.8, 4) is 0 Å². The number of azo groups is 1. The summed E-state index contributed by atoms with van der Waals surface area (Å²) in [6, 6.07) is 12.4. The number of nitrogens with zero attached hydrogens (tertiary/aromatic N) is 2. The molecule has 0 spiro atoms. The lowest BCUT2D eigenvalue weighted by molar-refractivity contribution is 0.651. The van der Waals surface area contributed by atoms with Gasteiger partial charge in [0.05, 0.1) is 6.04 Å². The van der Waals surface area contributed by atoms with Crippen LogP contribution in [0.1, 0.15) is 29.2 Å². The van der Waals surface area contributed by atoms with Gasteiger partial charge in [0.25, 0.3) is 0 Å². The maximum absolute atomic E-state index is 8.03. The third-order valence-corrected chi connectivity index (χ3v) is 5.38. The zero-order chi connectivity index (χ0) is 17.1. The molecule has 1 atom stereocenters. The molecule has 0 radical (unpaired) electrons. The third-order valence-electron chi connectivity index (χ3n) is 3.76. The van der Waals surface area contributed by atoms with E-state index in [0.29, 0.717) is 0 Å². The molecule has 6 heteroatoms. The Labute approximate surface area is 154 Å². The Morgan fingerprint density at radius 2 is 1.96 bits per heavy atom. The molecule has 0 fully saturated rings.